The lowest BCUT2D eigenvalue weighted by molar-refractivity contribution is -0.122. The Morgan fingerprint density at radius 1 is 1.23 bits per heavy atom. The van der Waals surface area contributed by atoms with E-state index in [0.717, 1.165) is 0 Å². The molecule has 0 aliphatic heterocycles. The maximum atomic E-state index is 13.0. The third kappa shape index (κ3) is 6.25. The highest BCUT2D eigenvalue weighted by Crippen LogP contribution is 2.14. The first kappa shape index (κ1) is 19.5. The molecule has 2 aromatic rings. The largest absolute Gasteiger partial charge is 0.368 e. The van der Waals surface area contributed by atoms with Crippen LogP contribution in [0.2, 0.25) is 0 Å². The van der Waals surface area contributed by atoms with Crippen molar-refractivity contribution >= 4 is 23.5 Å². The summed E-state index contributed by atoms with van der Waals surface area (Å²) in [5, 5.41) is 5.82. The number of amides is 1. The molecule has 0 fully saturated rings. The summed E-state index contributed by atoms with van der Waals surface area (Å²) in [6, 6.07) is 5.90. The first-order valence-corrected chi connectivity index (χ1v) is 8.40. The zero-order chi connectivity index (χ0) is 19.1. The average Bonchev–Trinajstić information content (AvgIpc) is 2.55. The van der Waals surface area contributed by atoms with Crippen LogP contribution in [0.5, 0.6) is 0 Å². The SMILES string of the molecule is CCN(CC(=O)NC(C)C)Cc1nc(N)nc(Nc2ccc(F)cc2)n1. The Morgan fingerprint density at radius 3 is 2.54 bits per heavy atom. The van der Waals surface area contributed by atoms with E-state index in [0.29, 0.717) is 24.6 Å². The van der Waals surface area contributed by atoms with Gasteiger partial charge in [0.1, 0.15) is 11.6 Å². The number of carbonyl (C=O) groups is 1. The van der Waals surface area contributed by atoms with Gasteiger partial charge in [-0.3, -0.25) is 9.69 Å². The van der Waals surface area contributed by atoms with Gasteiger partial charge in [0.25, 0.3) is 0 Å². The summed E-state index contributed by atoms with van der Waals surface area (Å²) < 4.78 is 13.0. The van der Waals surface area contributed by atoms with Crippen molar-refractivity contribution in [3.8, 4) is 0 Å². The molecule has 140 valence electrons. The Labute approximate surface area is 152 Å². The van der Waals surface area contributed by atoms with Gasteiger partial charge in [0.2, 0.25) is 17.8 Å². The standard InChI is InChI=1S/C17H24FN7O/c1-4-25(10-15(26)20-11(2)3)9-14-22-16(19)24-17(23-14)21-13-7-5-12(18)6-8-13/h5-8,11H,4,9-10H2,1-3H3,(H,20,26)(H3,19,21,22,23,24). The molecule has 1 aromatic heterocycles. The van der Waals surface area contributed by atoms with E-state index in [9.17, 15) is 9.18 Å². The maximum absolute atomic E-state index is 13.0. The van der Waals surface area contributed by atoms with Crippen molar-refractivity contribution in [2.24, 2.45) is 0 Å². The van der Waals surface area contributed by atoms with Gasteiger partial charge in [0.15, 0.2) is 0 Å². The lowest BCUT2D eigenvalue weighted by Crippen LogP contribution is -2.40. The molecule has 0 atom stereocenters. The number of nitrogen functional groups attached to an aromatic ring is 1. The molecule has 0 radical (unpaired) electrons. The molecular weight excluding hydrogens is 337 g/mol. The van der Waals surface area contributed by atoms with Gasteiger partial charge in [-0.15, -0.1) is 0 Å². The third-order valence-electron chi connectivity index (χ3n) is 3.43. The molecule has 2 rings (SSSR count). The quantitative estimate of drug-likeness (QED) is 0.656. The number of nitrogens with one attached hydrogen (secondary N) is 2. The molecule has 0 aliphatic rings. The molecule has 26 heavy (non-hydrogen) atoms. The highest BCUT2D eigenvalue weighted by atomic mass is 19.1. The number of likely N-dealkylation sites (N-methyl/N-ethyl adjacent to an activating group) is 1. The Balaban J connectivity index is 2.07. The van der Waals surface area contributed by atoms with Crippen LogP contribution in [-0.4, -0.2) is 44.9 Å². The molecule has 0 unspecified atom stereocenters. The number of rotatable bonds is 8. The second-order valence-corrected chi connectivity index (χ2v) is 6.09. The van der Waals surface area contributed by atoms with Crippen LogP contribution in [0, 0.1) is 5.82 Å². The maximum Gasteiger partial charge on any atom is 0.234 e. The van der Waals surface area contributed by atoms with Gasteiger partial charge in [-0.2, -0.15) is 15.0 Å². The summed E-state index contributed by atoms with van der Waals surface area (Å²) in [7, 11) is 0. The summed E-state index contributed by atoms with van der Waals surface area (Å²) in [6.45, 7) is 7.01. The first-order chi connectivity index (χ1) is 12.4. The van der Waals surface area contributed by atoms with Gasteiger partial charge in [-0.25, -0.2) is 4.39 Å². The number of hydrogen-bond donors (Lipinski definition) is 3. The van der Waals surface area contributed by atoms with Crippen molar-refractivity contribution in [1.29, 1.82) is 0 Å². The highest BCUT2D eigenvalue weighted by molar-refractivity contribution is 5.78. The van der Waals surface area contributed by atoms with E-state index in [1.165, 1.54) is 12.1 Å². The molecule has 0 bridgehead atoms. The summed E-state index contributed by atoms with van der Waals surface area (Å²) in [6.07, 6.45) is 0. The van der Waals surface area contributed by atoms with Gasteiger partial charge < -0.3 is 16.4 Å². The first-order valence-electron chi connectivity index (χ1n) is 8.40. The van der Waals surface area contributed by atoms with Gasteiger partial charge in [0, 0.05) is 11.7 Å². The lowest BCUT2D eigenvalue weighted by Gasteiger charge is -2.20. The van der Waals surface area contributed by atoms with Crippen LogP contribution in [0.4, 0.5) is 22.0 Å². The molecule has 0 aliphatic carbocycles. The summed E-state index contributed by atoms with van der Waals surface area (Å²) in [5.74, 6) is 0.392. The van der Waals surface area contributed by atoms with Gasteiger partial charge in [-0.1, -0.05) is 6.92 Å². The minimum absolute atomic E-state index is 0.0615. The molecular formula is C17H24FN7O. The molecule has 0 saturated heterocycles. The van der Waals surface area contributed by atoms with Crippen molar-refractivity contribution in [3.63, 3.8) is 0 Å². The van der Waals surface area contributed by atoms with Gasteiger partial charge in [-0.05, 0) is 44.7 Å². The van der Waals surface area contributed by atoms with Crippen molar-refractivity contribution < 1.29 is 9.18 Å². The molecule has 0 spiro atoms. The van der Waals surface area contributed by atoms with Gasteiger partial charge in [0.05, 0.1) is 13.1 Å². The zero-order valence-electron chi connectivity index (χ0n) is 15.2. The van der Waals surface area contributed by atoms with E-state index in [2.05, 4.69) is 25.6 Å². The molecule has 4 N–H and O–H groups in total. The minimum atomic E-state index is -0.329. The smallest absolute Gasteiger partial charge is 0.234 e. The monoisotopic (exact) mass is 361 g/mol. The molecule has 8 nitrogen and oxygen atoms in total. The van der Waals surface area contributed by atoms with E-state index >= 15 is 0 Å². The summed E-state index contributed by atoms with van der Waals surface area (Å²) in [4.78, 5) is 26.3. The second-order valence-electron chi connectivity index (χ2n) is 6.09. The van der Waals surface area contributed by atoms with Crippen LogP contribution in [0.3, 0.4) is 0 Å². The van der Waals surface area contributed by atoms with E-state index in [4.69, 9.17) is 5.73 Å². The predicted molar refractivity (Wildman–Crippen MR) is 98.2 cm³/mol. The zero-order valence-corrected chi connectivity index (χ0v) is 15.2. The topological polar surface area (TPSA) is 109 Å². The van der Waals surface area contributed by atoms with Crippen LogP contribution in [-0.2, 0) is 11.3 Å². The van der Waals surface area contributed by atoms with Gasteiger partial charge >= 0.3 is 0 Å². The van der Waals surface area contributed by atoms with Crippen LogP contribution in [0.1, 0.15) is 26.6 Å². The van der Waals surface area contributed by atoms with E-state index < -0.39 is 0 Å². The highest BCUT2D eigenvalue weighted by Gasteiger charge is 2.13. The fourth-order valence-electron chi connectivity index (χ4n) is 2.28. The third-order valence-corrected chi connectivity index (χ3v) is 3.43. The Bertz CT molecular complexity index is 736. The lowest BCUT2D eigenvalue weighted by atomic mass is 10.3. The number of anilines is 3. The summed E-state index contributed by atoms with van der Waals surface area (Å²) >= 11 is 0. The van der Waals surface area contributed by atoms with E-state index in [1.54, 1.807) is 12.1 Å². The molecule has 1 heterocycles. The van der Waals surface area contributed by atoms with E-state index in [-0.39, 0.29) is 36.2 Å². The number of carbonyl (C=O) groups excluding carboxylic acids is 1. The average molecular weight is 361 g/mol. The number of nitrogens with two attached hydrogens (primary N) is 1. The van der Waals surface area contributed by atoms with Crippen molar-refractivity contribution in [2.45, 2.75) is 33.4 Å². The number of halogens is 1. The molecule has 1 aromatic carbocycles. The summed E-state index contributed by atoms with van der Waals surface area (Å²) in [5.41, 5.74) is 6.39. The van der Waals surface area contributed by atoms with Crippen LogP contribution in [0.15, 0.2) is 24.3 Å². The fraction of sp³-hybridized carbons (Fsp3) is 0.412. The Morgan fingerprint density at radius 2 is 1.92 bits per heavy atom. The van der Waals surface area contributed by atoms with Crippen LogP contribution in [0.25, 0.3) is 0 Å². The van der Waals surface area contributed by atoms with Crippen molar-refractivity contribution in [2.75, 3.05) is 24.1 Å². The second kappa shape index (κ2) is 9.04. The van der Waals surface area contributed by atoms with Crippen molar-refractivity contribution in [3.05, 3.63) is 35.9 Å². The normalized spacial score (nSPS) is 11.0. The molecule has 9 heteroatoms. The number of benzene rings is 1. The van der Waals surface area contributed by atoms with Crippen LogP contribution < -0.4 is 16.4 Å². The Kier molecular flexibility index (Phi) is 6.79. The molecule has 0 saturated carbocycles. The Hall–Kier alpha value is -2.81. The van der Waals surface area contributed by atoms with E-state index in [1.807, 2.05) is 25.7 Å². The number of nitrogens with zero attached hydrogens (tertiary/aromatic N) is 4. The number of aromatic nitrogens is 3. The fourth-order valence-corrected chi connectivity index (χ4v) is 2.28. The predicted octanol–water partition coefficient (Wildman–Crippen LogP) is 1.68. The molecule has 1 amide bonds. The number of hydrogen-bond acceptors (Lipinski definition) is 7. The van der Waals surface area contributed by atoms with Crippen LogP contribution >= 0.6 is 0 Å². The minimum Gasteiger partial charge on any atom is -0.368 e. The van der Waals surface area contributed by atoms with Crippen molar-refractivity contribution in [1.82, 2.24) is 25.2 Å².